The maximum Gasteiger partial charge on any atom is 0.319 e. The summed E-state index contributed by atoms with van der Waals surface area (Å²) < 4.78 is 0. The van der Waals surface area contributed by atoms with E-state index in [9.17, 15) is 9.59 Å². The van der Waals surface area contributed by atoms with Crippen LogP contribution < -0.4 is 16.4 Å². The zero-order valence-corrected chi connectivity index (χ0v) is 12.6. The Hall–Kier alpha value is -2.95. The second-order valence-corrected chi connectivity index (χ2v) is 4.91. The van der Waals surface area contributed by atoms with Gasteiger partial charge in [0.05, 0.1) is 5.69 Å². The summed E-state index contributed by atoms with van der Waals surface area (Å²) in [4.78, 5) is 25.3. The number of carbonyl (C=O) groups is 1. The van der Waals surface area contributed by atoms with E-state index in [-0.39, 0.29) is 6.03 Å². The molecule has 6 nitrogen and oxygen atoms in total. The summed E-state index contributed by atoms with van der Waals surface area (Å²) in [6.45, 7) is 0.845. The number of nitrogens with one attached hydrogen (secondary N) is 2. The van der Waals surface area contributed by atoms with Gasteiger partial charge in [-0.3, -0.25) is 0 Å². The third-order valence-electron chi connectivity index (χ3n) is 3.16. The summed E-state index contributed by atoms with van der Waals surface area (Å²) in [7, 11) is 0. The number of benzene rings is 2. The van der Waals surface area contributed by atoms with Crippen LogP contribution in [0.5, 0.6) is 0 Å². The molecule has 0 aromatic heterocycles. The van der Waals surface area contributed by atoms with Gasteiger partial charge in [0, 0.05) is 18.8 Å². The molecular weight excluding hydrogens is 292 g/mol. The van der Waals surface area contributed by atoms with Gasteiger partial charge in [-0.15, -0.1) is 0 Å². The van der Waals surface area contributed by atoms with Crippen LogP contribution in [-0.4, -0.2) is 25.2 Å². The molecule has 0 unspecified atom stereocenters. The first-order valence-corrected chi connectivity index (χ1v) is 7.22. The number of nitrogens with two attached hydrogens (primary N) is 1. The molecule has 0 fully saturated rings. The van der Waals surface area contributed by atoms with Gasteiger partial charge >= 0.3 is 6.03 Å². The van der Waals surface area contributed by atoms with Gasteiger partial charge < -0.3 is 16.4 Å². The molecular formula is C17H18N4O2. The number of rotatable bonds is 6. The van der Waals surface area contributed by atoms with Gasteiger partial charge in [-0.1, -0.05) is 24.3 Å². The summed E-state index contributed by atoms with van der Waals surface area (Å²) >= 11 is 0. The van der Waals surface area contributed by atoms with Crippen molar-refractivity contribution in [1.82, 2.24) is 5.32 Å². The topological polar surface area (TPSA) is 96.6 Å². The molecule has 0 saturated carbocycles. The van der Waals surface area contributed by atoms with E-state index in [4.69, 9.17) is 5.73 Å². The van der Waals surface area contributed by atoms with Gasteiger partial charge in [0.2, 0.25) is 6.08 Å². The quantitative estimate of drug-likeness (QED) is 0.564. The van der Waals surface area contributed by atoms with E-state index in [2.05, 4.69) is 15.6 Å². The fourth-order valence-electron chi connectivity index (χ4n) is 2.04. The standard InChI is InChI=1S/C17H18N4O2/c18-9-10-19-17(23)21-16-7-3-14(4-8-16)11-13-1-5-15(6-2-13)20-12-22/h1-8H,9-11,18H2,(H2,19,21,23). The Morgan fingerprint density at radius 3 is 2.22 bits per heavy atom. The molecule has 0 atom stereocenters. The van der Waals surface area contributed by atoms with Crippen molar-refractivity contribution in [2.45, 2.75) is 6.42 Å². The number of urea groups is 1. The van der Waals surface area contributed by atoms with E-state index in [0.29, 0.717) is 18.8 Å². The first-order valence-electron chi connectivity index (χ1n) is 7.22. The van der Waals surface area contributed by atoms with Crippen LogP contribution in [0.25, 0.3) is 0 Å². The number of hydrogen-bond acceptors (Lipinski definition) is 4. The first-order chi connectivity index (χ1) is 11.2. The molecule has 0 aliphatic rings. The van der Waals surface area contributed by atoms with Crippen LogP contribution in [0.1, 0.15) is 11.1 Å². The Morgan fingerprint density at radius 2 is 1.65 bits per heavy atom. The van der Waals surface area contributed by atoms with Crippen molar-refractivity contribution < 1.29 is 9.59 Å². The molecule has 0 saturated heterocycles. The third kappa shape index (κ3) is 5.39. The Balaban J connectivity index is 1.94. The molecule has 0 bridgehead atoms. The zero-order chi connectivity index (χ0) is 16.5. The number of isocyanates is 1. The number of anilines is 1. The second kappa shape index (κ2) is 8.48. The zero-order valence-electron chi connectivity index (χ0n) is 12.6. The predicted octanol–water partition coefficient (Wildman–Crippen LogP) is 2.32. The maximum atomic E-state index is 11.5. The minimum Gasteiger partial charge on any atom is -0.337 e. The van der Waals surface area contributed by atoms with Crippen molar-refractivity contribution in [2.75, 3.05) is 18.4 Å². The normalized spacial score (nSPS) is 9.78. The summed E-state index contributed by atoms with van der Waals surface area (Å²) in [5.41, 5.74) is 8.86. The van der Waals surface area contributed by atoms with Gasteiger partial charge in [-0.2, -0.15) is 4.99 Å². The van der Waals surface area contributed by atoms with Crippen LogP contribution in [0.3, 0.4) is 0 Å². The van der Waals surface area contributed by atoms with Gasteiger partial charge in [-0.25, -0.2) is 9.59 Å². The molecule has 2 aromatic rings. The minimum absolute atomic E-state index is 0.269. The van der Waals surface area contributed by atoms with Crippen molar-refractivity contribution in [3.63, 3.8) is 0 Å². The van der Waals surface area contributed by atoms with Crippen molar-refractivity contribution >= 4 is 23.5 Å². The van der Waals surface area contributed by atoms with Crippen molar-refractivity contribution in [3.05, 3.63) is 59.7 Å². The lowest BCUT2D eigenvalue weighted by molar-refractivity contribution is 0.252. The van der Waals surface area contributed by atoms with E-state index in [1.807, 2.05) is 36.4 Å². The Bertz CT molecular complexity index is 690. The van der Waals surface area contributed by atoms with Crippen molar-refractivity contribution in [1.29, 1.82) is 0 Å². The van der Waals surface area contributed by atoms with Crippen LogP contribution in [-0.2, 0) is 11.2 Å². The van der Waals surface area contributed by atoms with Crippen molar-refractivity contribution in [3.8, 4) is 0 Å². The third-order valence-corrected chi connectivity index (χ3v) is 3.16. The summed E-state index contributed by atoms with van der Waals surface area (Å²) in [5, 5.41) is 5.37. The smallest absolute Gasteiger partial charge is 0.319 e. The lowest BCUT2D eigenvalue weighted by Gasteiger charge is -2.08. The van der Waals surface area contributed by atoms with Crippen LogP contribution in [0.2, 0.25) is 0 Å². The van der Waals surface area contributed by atoms with Gasteiger partial charge in [0.25, 0.3) is 0 Å². The molecule has 0 aliphatic heterocycles. The summed E-state index contributed by atoms with van der Waals surface area (Å²) in [6.07, 6.45) is 2.27. The SMILES string of the molecule is NCCNC(=O)Nc1ccc(Cc2ccc(N=C=O)cc2)cc1. The number of nitrogens with zero attached hydrogens (tertiary/aromatic N) is 1. The predicted molar refractivity (Wildman–Crippen MR) is 89.5 cm³/mol. The average molecular weight is 310 g/mol. The van der Waals surface area contributed by atoms with E-state index < -0.39 is 0 Å². The van der Waals surface area contributed by atoms with Crippen LogP contribution in [0.4, 0.5) is 16.2 Å². The van der Waals surface area contributed by atoms with E-state index >= 15 is 0 Å². The molecule has 0 aliphatic carbocycles. The van der Waals surface area contributed by atoms with E-state index in [0.717, 1.165) is 23.2 Å². The molecule has 6 heteroatoms. The molecule has 2 amide bonds. The van der Waals surface area contributed by atoms with Crippen LogP contribution in [0.15, 0.2) is 53.5 Å². The summed E-state index contributed by atoms with van der Waals surface area (Å²) in [6, 6.07) is 14.7. The highest BCUT2D eigenvalue weighted by molar-refractivity contribution is 5.89. The highest BCUT2D eigenvalue weighted by Gasteiger charge is 2.01. The molecule has 0 heterocycles. The van der Waals surface area contributed by atoms with Gasteiger partial charge in [0.15, 0.2) is 0 Å². The molecule has 4 N–H and O–H groups in total. The van der Waals surface area contributed by atoms with Crippen molar-refractivity contribution in [2.24, 2.45) is 10.7 Å². The second-order valence-electron chi connectivity index (χ2n) is 4.91. The fraction of sp³-hybridized carbons (Fsp3) is 0.176. The van der Waals surface area contributed by atoms with Crippen LogP contribution >= 0.6 is 0 Å². The number of carbonyl (C=O) groups excluding carboxylic acids is 2. The maximum absolute atomic E-state index is 11.5. The van der Waals surface area contributed by atoms with Gasteiger partial charge in [0.1, 0.15) is 0 Å². The molecule has 118 valence electrons. The lowest BCUT2D eigenvalue weighted by atomic mass is 10.0. The first kappa shape index (κ1) is 16.4. The monoisotopic (exact) mass is 310 g/mol. The number of amides is 2. The highest BCUT2D eigenvalue weighted by atomic mass is 16.2. The Morgan fingerprint density at radius 1 is 1.04 bits per heavy atom. The van der Waals surface area contributed by atoms with Gasteiger partial charge in [-0.05, 0) is 41.8 Å². The highest BCUT2D eigenvalue weighted by Crippen LogP contribution is 2.17. The lowest BCUT2D eigenvalue weighted by Crippen LogP contribution is -2.32. The molecule has 2 rings (SSSR count). The molecule has 23 heavy (non-hydrogen) atoms. The minimum atomic E-state index is -0.269. The fourth-order valence-corrected chi connectivity index (χ4v) is 2.04. The summed E-state index contributed by atoms with van der Waals surface area (Å²) in [5.74, 6) is 0. The molecule has 0 spiro atoms. The largest absolute Gasteiger partial charge is 0.337 e. The Kier molecular flexibility index (Phi) is 6.06. The number of aliphatic imine (C=N–C) groups is 1. The molecule has 0 radical (unpaired) electrons. The number of hydrogen-bond donors (Lipinski definition) is 3. The van der Waals surface area contributed by atoms with E-state index in [1.165, 1.54) is 6.08 Å². The van der Waals surface area contributed by atoms with E-state index in [1.54, 1.807) is 12.1 Å². The molecule has 2 aromatic carbocycles. The van der Waals surface area contributed by atoms with Crippen LogP contribution in [0, 0.1) is 0 Å². The Labute approximate surface area is 134 Å². The average Bonchev–Trinajstić information content (AvgIpc) is 2.57.